The third kappa shape index (κ3) is 3.76. The van der Waals surface area contributed by atoms with Gasteiger partial charge in [0.05, 0.1) is 22.1 Å². The number of anilines is 3. The van der Waals surface area contributed by atoms with Gasteiger partial charge in [0.1, 0.15) is 11.2 Å². The zero-order valence-electron chi connectivity index (χ0n) is 26.8. The minimum absolute atomic E-state index is 0.278. The summed E-state index contributed by atoms with van der Waals surface area (Å²) >= 11 is 0. The lowest BCUT2D eigenvalue weighted by Gasteiger charge is -2.36. The highest BCUT2D eigenvalue weighted by Gasteiger charge is 2.37. The number of hydrogen-bond acceptors (Lipinski definition) is 2. The number of hydrogen-bond donors (Lipinski definition) is 0. The molecule has 1 aliphatic heterocycles. The molecule has 0 saturated heterocycles. The number of para-hydroxylation sites is 3. The normalized spacial score (nSPS) is 13.4. The van der Waals surface area contributed by atoms with Crippen LogP contribution >= 0.6 is 0 Å². The fraction of sp³-hybridized carbons (Fsp3) is 0.0667. The molecule has 0 amide bonds. The van der Waals surface area contributed by atoms with Gasteiger partial charge in [-0.15, -0.1) is 0 Å². The summed E-state index contributed by atoms with van der Waals surface area (Å²) in [5, 5.41) is 4.75. The molecule has 0 radical (unpaired) electrons. The van der Waals surface area contributed by atoms with E-state index in [-0.39, 0.29) is 5.41 Å². The van der Waals surface area contributed by atoms with E-state index in [0.717, 1.165) is 33.6 Å². The molecule has 0 bridgehead atoms. The molecule has 0 spiro atoms. The third-order valence-corrected chi connectivity index (χ3v) is 10.4. The smallest absolute Gasteiger partial charge is 0.145 e. The van der Waals surface area contributed by atoms with E-state index in [1.54, 1.807) is 0 Å². The predicted molar refractivity (Wildman–Crippen MR) is 200 cm³/mol. The van der Waals surface area contributed by atoms with Crippen molar-refractivity contribution in [2.24, 2.45) is 0 Å². The summed E-state index contributed by atoms with van der Waals surface area (Å²) in [5.74, 6) is 0. The molecule has 2 aromatic heterocycles. The maximum Gasteiger partial charge on any atom is 0.145 e. The van der Waals surface area contributed by atoms with Gasteiger partial charge in [-0.1, -0.05) is 111 Å². The van der Waals surface area contributed by atoms with Gasteiger partial charge in [-0.25, -0.2) is 0 Å². The fourth-order valence-corrected chi connectivity index (χ4v) is 8.02. The van der Waals surface area contributed by atoms with Gasteiger partial charge in [0.15, 0.2) is 0 Å². The van der Waals surface area contributed by atoms with Crippen LogP contribution in [0.5, 0.6) is 0 Å². The van der Waals surface area contributed by atoms with E-state index in [1.807, 2.05) is 0 Å². The number of aromatic nitrogens is 1. The van der Waals surface area contributed by atoms with Crippen LogP contribution in [-0.4, -0.2) is 4.57 Å². The molecule has 0 atom stereocenters. The van der Waals surface area contributed by atoms with E-state index in [1.165, 1.54) is 55.1 Å². The number of benzene rings is 7. The molecule has 3 heterocycles. The number of nitrogens with zero attached hydrogens (tertiary/aromatic N) is 2. The van der Waals surface area contributed by atoms with Gasteiger partial charge < -0.3 is 13.9 Å². The summed E-state index contributed by atoms with van der Waals surface area (Å²) < 4.78 is 9.10. The number of furan rings is 1. The Bertz CT molecular complexity index is 2680. The highest BCUT2D eigenvalue weighted by Crippen LogP contribution is 2.52. The standard InChI is InChI=1S/C45H32N2O/c1-45(2)37-27-33(46(31-15-7-4-8-16-31)32-23-21-30(22-24-32)29-13-5-3-6-14-29)25-26-40(37)47-39-19-11-9-18-35(39)42-43(47)38(45)28-36-34-17-10-12-20-41(34)48-44(36)42/h3-28H,1-2H3. The van der Waals surface area contributed by atoms with Gasteiger partial charge >= 0.3 is 0 Å². The minimum atomic E-state index is -0.278. The van der Waals surface area contributed by atoms with Crippen molar-refractivity contribution in [1.29, 1.82) is 0 Å². The van der Waals surface area contributed by atoms with Crippen LogP contribution in [0.1, 0.15) is 25.0 Å². The lowest BCUT2D eigenvalue weighted by Crippen LogP contribution is -2.27. The Hall–Kier alpha value is -6.06. The molecule has 228 valence electrons. The van der Waals surface area contributed by atoms with Crippen LogP contribution in [-0.2, 0) is 5.41 Å². The van der Waals surface area contributed by atoms with E-state index >= 15 is 0 Å². The molecule has 9 aromatic rings. The number of rotatable bonds is 4. The number of fused-ring (bicyclic) bond motifs is 9. The molecule has 7 aromatic carbocycles. The maximum absolute atomic E-state index is 6.63. The summed E-state index contributed by atoms with van der Waals surface area (Å²) in [4.78, 5) is 2.37. The molecular formula is C45H32N2O. The van der Waals surface area contributed by atoms with Crippen molar-refractivity contribution in [3.63, 3.8) is 0 Å². The molecular weight excluding hydrogens is 585 g/mol. The molecule has 48 heavy (non-hydrogen) atoms. The fourth-order valence-electron chi connectivity index (χ4n) is 8.02. The van der Waals surface area contributed by atoms with Gasteiger partial charge in [0, 0.05) is 38.6 Å². The average Bonchev–Trinajstić information content (AvgIpc) is 3.68. The molecule has 0 unspecified atom stereocenters. The first kappa shape index (κ1) is 27.1. The summed E-state index contributed by atoms with van der Waals surface area (Å²) in [6, 6.07) is 56.8. The predicted octanol–water partition coefficient (Wildman–Crippen LogP) is 12.5. The summed E-state index contributed by atoms with van der Waals surface area (Å²) in [5.41, 5.74) is 13.7. The van der Waals surface area contributed by atoms with Crippen LogP contribution in [0.25, 0.3) is 60.6 Å². The van der Waals surface area contributed by atoms with Gasteiger partial charge in [0.2, 0.25) is 0 Å². The second-order valence-electron chi connectivity index (χ2n) is 13.4. The maximum atomic E-state index is 6.63. The van der Waals surface area contributed by atoms with Crippen molar-refractivity contribution in [3.05, 3.63) is 169 Å². The van der Waals surface area contributed by atoms with Gasteiger partial charge in [0.25, 0.3) is 0 Å². The van der Waals surface area contributed by atoms with Crippen molar-refractivity contribution in [1.82, 2.24) is 4.57 Å². The van der Waals surface area contributed by atoms with E-state index in [0.29, 0.717) is 0 Å². The Kier molecular flexibility index (Phi) is 5.63. The zero-order chi connectivity index (χ0) is 32.0. The third-order valence-electron chi connectivity index (χ3n) is 10.4. The van der Waals surface area contributed by atoms with Crippen molar-refractivity contribution in [2.45, 2.75) is 19.3 Å². The Labute approximate surface area is 278 Å². The van der Waals surface area contributed by atoms with E-state index in [4.69, 9.17) is 4.42 Å². The summed E-state index contributed by atoms with van der Waals surface area (Å²) in [7, 11) is 0. The van der Waals surface area contributed by atoms with Crippen LogP contribution in [0, 0.1) is 0 Å². The minimum Gasteiger partial charge on any atom is -0.455 e. The van der Waals surface area contributed by atoms with Crippen LogP contribution in [0.2, 0.25) is 0 Å². The molecule has 3 heteroatoms. The van der Waals surface area contributed by atoms with Crippen LogP contribution in [0.4, 0.5) is 17.1 Å². The molecule has 0 aliphatic carbocycles. The van der Waals surface area contributed by atoms with Crippen molar-refractivity contribution >= 4 is 60.8 Å². The molecule has 10 rings (SSSR count). The summed E-state index contributed by atoms with van der Waals surface area (Å²) in [6.07, 6.45) is 0. The SMILES string of the molecule is CC1(C)c2cc(N(c3ccccc3)c3ccc(-c4ccccc4)cc3)ccc2-n2c3ccccc3c3c4oc5ccccc5c4cc1c32. The highest BCUT2D eigenvalue weighted by atomic mass is 16.3. The second kappa shape index (κ2) is 9.97. The van der Waals surface area contributed by atoms with Crippen molar-refractivity contribution in [2.75, 3.05) is 4.90 Å². The quantitative estimate of drug-likeness (QED) is 0.196. The van der Waals surface area contributed by atoms with E-state index in [9.17, 15) is 0 Å². The average molecular weight is 617 g/mol. The van der Waals surface area contributed by atoms with Gasteiger partial charge in [-0.2, -0.15) is 0 Å². The Morgan fingerprint density at radius 1 is 0.521 bits per heavy atom. The van der Waals surface area contributed by atoms with Crippen molar-refractivity contribution < 1.29 is 4.42 Å². The lowest BCUT2D eigenvalue weighted by molar-refractivity contribution is 0.630. The Balaban J connectivity index is 1.22. The first-order valence-electron chi connectivity index (χ1n) is 16.6. The Morgan fingerprint density at radius 3 is 1.94 bits per heavy atom. The monoisotopic (exact) mass is 616 g/mol. The second-order valence-corrected chi connectivity index (χ2v) is 13.4. The molecule has 0 fully saturated rings. The topological polar surface area (TPSA) is 21.3 Å². The van der Waals surface area contributed by atoms with Crippen molar-refractivity contribution in [3.8, 4) is 16.8 Å². The molecule has 1 aliphatic rings. The zero-order valence-corrected chi connectivity index (χ0v) is 26.8. The first-order valence-corrected chi connectivity index (χ1v) is 16.6. The van der Waals surface area contributed by atoms with Crippen LogP contribution < -0.4 is 4.90 Å². The Morgan fingerprint density at radius 2 is 1.15 bits per heavy atom. The van der Waals surface area contributed by atoms with Crippen LogP contribution in [0.15, 0.2) is 162 Å². The van der Waals surface area contributed by atoms with E-state index < -0.39 is 0 Å². The lowest BCUT2D eigenvalue weighted by atomic mass is 9.74. The summed E-state index contributed by atoms with van der Waals surface area (Å²) in [6.45, 7) is 4.75. The van der Waals surface area contributed by atoms with Gasteiger partial charge in [-0.05, 0) is 82.9 Å². The van der Waals surface area contributed by atoms with Gasteiger partial charge in [-0.3, -0.25) is 0 Å². The highest BCUT2D eigenvalue weighted by molar-refractivity contribution is 6.25. The molecule has 0 N–H and O–H groups in total. The molecule has 3 nitrogen and oxygen atoms in total. The first-order chi connectivity index (χ1) is 23.6. The molecule has 0 saturated carbocycles. The van der Waals surface area contributed by atoms with Crippen LogP contribution in [0.3, 0.4) is 0 Å². The van der Waals surface area contributed by atoms with E-state index in [2.05, 4.69) is 181 Å². The largest absolute Gasteiger partial charge is 0.455 e.